The third-order valence-electron chi connectivity index (χ3n) is 3.30. The maximum Gasteiger partial charge on any atom is 0.165 e. The summed E-state index contributed by atoms with van der Waals surface area (Å²) in [6.07, 6.45) is 1.94. The molecule has 0 saturated heterocycles. The largest absolute Gasteiger partial charge is 0.494 e. The van der Waals surface area contributed by atoms with E-state index in [9.17, 15) is 4.39 Å². The van der Waals surface area contributed by atoms with Crippen molar-refractivity contribution in [2.75, 3.05) is 20.3 Å². The molecule has 1 rings (SSSR count). The second-order valence-corrected chi connectivity index (χ2v) is 4.73. The molecule has 2 unspecified atom stereocenters. The van der Waals surface area contributed by atoms with E-state index in [0.29, 0.717) is 6.61 Å². The molecule has 0 aliphatic rings. The molecule has 0 aromatic heterocycles. The van der Waals surface area contributed by atoms with Crippen LogP contribution in [0.5, 0.6) is 5.75 Å². The Labute approximate surface area is 121 Å². The van der Waals surface area contributed by atoms with Crippen LogP contribution >= 0.6 is 0 Å². The Morgan fingerprint density at radius 3 is 2.50 bits per heavy atom. The molecule has 20 heavy (non-hydrogen) atoms. The molecular formula is C16H26FNO2. The van der Waals surface area contributed by atoms with Gasteiger partial charge in [0.05, 0.1) is 19.3 Å². The lowest BCUT2D eigenvalue weighted by Gasteiger charge is -2.28. The molecule has 1 aromatic rings. The highest BCUT2D eigenvalue weighted by Gasteiger charge is 2.22. The molecule has 0 fully saturated rings. The molecule has 1 aromatic carbocycles. The first kappa shape index (κ1) is 16.9. The molecule has 0 heterocycles. The monoisotopic (exact) mass is 283 g/mol. The minimum Gasteiger partial charge on any atom is -0.494 e. The molecular weight excluding hydrogens is 257 g/mol. The molecule has 114 valence electrons. The van der Waals surface area contributed by atoms with E-state index in [2.05, 4.69) is 19.2 Å². The van der Waals surface area contributed by atoms with Crippen molar-refractivity contribution in [2.45, 2.75) is 45.8 Å². The first-order valence-electron chi connectivity index (χ1n) is 7.36. The number of hydrogen-bond donors (Lipinski definition) is 1. The summed E-state index contributed by atoms with van der Waals surface area (Å²) in [5.41, 5.74) is 0.900. The maximum atomic E-state index is 13.9. The number of halogens is 1. The second-order valence-electron chi connectivity index (χ2n) is 4.73. The minimum absolute atomic E-state index is 0.000283. The van der Waals surface area contributed by atoms with E-state index in [4.69, 9.17) is 9.47 Å². The van der Waals surface area contributed by atoms with E-state index < -0.39 is 0 Å². The molecule has 0 aliphatic carbocycles. The smallest absolute Gasteiger partial charge is 0.165 e. The Hall–Kier alpha value is -1.13. The summed E-state index contributed by atoms with van der Waals surface area (Å²) in [5.74, 6) is -0.0629. The third kappa shape index (κ3) is 4.46. The van der Waals surface area contributed by atoms with Crippen molar-refractivity contribution < 1.29 is 13.9 Å². The summed E-state index contributed by atoms with van der Waals surface area (Å²) in [7, 11) is 1.47. The van der Waals surface area contributed by atoms with Gasteiger partial charge in [-0.15, -0.1) is 0 Å². The molecule has 1 N–H and O–H groups in total. The lowest BCUT2D eigenvalue weighted by Crippen LogP contribution is -2.34. The van der Waals surface area contributed by atoms with Gasteiger partial charge in [-0.05, 0) is 44.0 Å². The van der Waals surface area contributed by atoms with Gasteiger partial charge in [-0.3, -0.25) is 0 Å². The Morgan fingerprint density at radius 2 is 2.00 bits per heavy atom. The van der Waals surface area contributed by atoms with Gasteiger partial charge in [-0.2, -0.15) is 0 Å². The number of nitrogens with one attached hydrogen (secondary N) is 1. The van der Waals surface area contributed by atoms with Gasteiger partial charge in [0.1, 0.15) is 0 Å². The van der Waals surface area contributed by atoms with Gasteiger partial charge in [-0.1, -0.05) is 19.9 Å². The lowest BCUT2D eigenvalue weighted by molar-refractivity contribution is 0.0313. The summed E-state index contributed by atoms with van der Waals surface area (Å²) in [6, 6.07) is 5.11. The number of ether oxygens (including phenoxy) is 2. The van der Waals surface area contributed by atoms with Crippen LogP contribution in [-0.4, -0.2) is 26.4 Å². The third-order valence-corrected chi connectivity index (χ3v) is 3.30. The molecule has 2 atom stereocenters. The first-order valence-corrected chi connectivity index (χ1v) is 7.36. The lowest BCUT2D eigenvalue weighted by atomic mass is 9.99. The highest BCUT2D eigenvalue weighted by molar-refractivity contribution is 5.31. The summed E-state index contributed by atoms with van der Waals surface area (Å²) < 4.78 is 24.6. The van der Waals surface area contributed by atoms with Gasteiger partial charge in [0.25, 0.3) is 0 Å². The van der Waals surface area contributed by atoms with Gasteiger partial charge in [0, 0.05) is 6.61 Å². The average Bonchev–Trinajstić information content (AvgIpc) is 2.46. The van der Waals surface area contributed by atoms with Crippen LogP contribution in [0.1, 0.15) is 45.2 Å². The van der Waals surface area contributed by atoms with E-state index >= 15 is 0 Å². The van der Waals surface area contributed by atoms with Crippen molar-refractivity contribution in [3.8, 4) is 5.75 Å². The number of hydrogen-bond acceptors (Lipinski definition) is 3. The first-order chi connectivity index (χ1) is 9.67. The number of benzene rings is 1. The van der Waals surface area contributed by atoms with Crippen molar-refractivity contribution in [3.05, 3.63) is 29.6 Å². The van der Waals surface area contributed by atoms with Crippen LogP contribution in [0.25, 0.3) is 0 Å². The molecule has 3 nitrogen and oxygen atoms in total. The van der Waals surface area contributed by atoms with Crippen LogP contribution < -0.4 is 10.1 Å². The molecule has 4 heteroatoms. The van der Waals surface area contributed by atoms with Crippen LogP contribution in [0.15, 0.2) is 18.2 Å². The minimum atomic E-state index is -0.334. The van der Waals surface area contributed by atoms with E-state index in [1.807, 2.05) is 13.0 Å². The highest BCUT2D eigenvalue weighted by atomic mass is 19.1. The molecule has 0 saturated carbocycles. The van der Waals surface area contributed by atoms with Crippen molar-refractivity contribution in [1.82, 2.24) is 5.32 Å². The fourth-order valence-corrected chi connectivity index (χ4v) is 2.30. The van der Waals surface area contributed by atoms with Crippen molar-refractivity contribution in [2.24, 2.45) is 0 Å². The predicted octanol–water partition coefficient (Wildman–Crippen LogP) is 3.69. The Morgan fingerprint density at radius 1 is 1.25 bits per heavy atom. The molecule has 0 spiro atoms. The van der Waals surface area contributed by atoms with Gasteiger partial charge < -0.3 is 14.8 Å². The van der Waals surface area contributed by atoms with E-state index in [1.54, 1.807) is 6.07 Å². The van der Waals surface area contributed by atoms with Crippen molar-refractivity contribution in [1.29, 1.82) is 0 Å². The zero-order chi connectivity index (χ0) is 15.0. The average molecular weight is 283 g/mol. The van der Waals surface area contributed by atoms with Crippen LogP contribution in [0.3, 0.4) is 0 Å². The fraction of sp³-hybridized carbons (Fsp3) is 0.625. The van der Waals surface area contributed by atoms with E-state index in [0.717, 1.165) is 24.9 Å². The second kappa shape index (κ2) is 8.93. The number of methoxy groups -OCH3 is 1. The quantitative estimate of drug-likeness (QED) is 0.749. The molecule has 0 bridgehead atoms. The van der Waals surface area contributed by atoms with Crippen LogP contribution in [0.4, 0.5) is 4.39 Å². The maximum absolute atomic E-state index is 13.9. The Balaban J connectivity index is 2.99. The zero-order valence-corrected chi connectivity index (χ0v) is 12.9. The topological polar surface area (TPSA) is 30.5 Å². The summed E-state index contributed by atoms with van der Waals surface area (Å²) in [6.45, 7) is 7.71. The van der Waals surface area contributed by atoms with Gasteiger partial charge in [0.2, 0.25) is 0 Å². The van der Waals surface area contributed by atoms with Crippen LogP contribution in [0, 0.1) is 5.82 Å². The summed E-state index contributed by atoms with van der Waals surface area (Å²) >= 11 is 0. The molecule has 0 aliphatic heterocycles. The Bertz CT molecular complexity index is 398. The SMILES string of the molecule is CCCNC(c1ccc(OC)c(F)c1)C(CC)OCC. The van der Waals surface area contributed by atoms with E-state index in [-0.39, 0.29) is 23.7 Å². The summed E-state index contributed by atoms with van der Waals surface area (Å²) in [5, 5.41) is 3.45. The van der Waals surface area contributed by atoms with Crippen LogP contribution in [0.2, 0.25) is 0 Å². The van der Waals surface area contributed by atoms with Gasteiger partial charge >= 0.3 is 0 Å². The van der Waals surface area contributed by atoms with Gasteiger partial charge in [0.15, 0.2) is 11.6 Å². The fourth-order valence-electron chi connectivity index (χ4n) is 2.30. The Kier molecular flexibility index (Phi) is 7.55. The van der Waals surface area contributed by atoms with Crippen molar-refractivity contribution >= 4 is 0 Å². The van der Waals surface area contributed by atoms with Gasteiger partial charge in [-0.25, -0.2) is 4.39 Å². The van der Waals surface area contributed by atoms with E-state index in [1.165, 1.54) is 13.2 Å². The van der Waals surface area contributed by atoms with Crippen molar-refractivity contribution in [3.63, 3.8) is 0 Å². The molecule has 0 radical (unpaired) electrons. The highest BCUT2D eigenvalue weighted by Crippen LogP contribution is 2.26. The summed E-state index contributed by atoms with van der Waals surface area (Å²) in [4.78, 5) is 0. The zero-order valence-electron chi connectivity index (χ0n) is 12.9. The number of rotatable bonds is 9. The van der Waals surface area contributed by atoms with Crippen LogP contribution in [-0.2, 0) is 4.74 Å². The standard InChI is InChI=1S/C16H26FNO2/c1-5-10-18-16(14(6-2)20-7-3)12-8-9-15(19-4)13(17)11-12/h8-9,11,14,16,18H,5-7,10H2,1-4H3. The molecule has 0 amide bonds. The normalized spacial score (nSPS) is 14.1. The predicted molar refractivity (Wildman–Crippen MR) is 79.7 cm³/mol.